The van der Waals surface area contributed by atoms with E-state index in [1.165, 1.54) is 64.4 Å². The Morgan fingerprint density at radius 1 is 0.848 bits per heavy atom. The normalized spacial score (nSPS) is 17.5. The zero-order chi connectivity index (χ0) is 31.6. The van der Waals surface area contributed by atoms with Gasteiger partial charge in [-0.15, -0.1) is 0 Å². The van der Waals surface area contributed by atoms with Gasteiger partial charge in [0.2, 0.25) is 5.52 Å². The smallest absolute Gasteiger partial charge is 0.262 e. The van der Waals surface area contributed by atoms with Gasteiger partial charge in [0.15, 0.2) is 0 Å². The molecule has 0 bridgehead atoms. The fourth-order valence-corrected chi connectivity index (χ4v) is 10.0. The molecule has 1 aliphatic carbocycles. The maximum absolute atomic E-state index is 2.63. The van der Waals surface area contributed by atoms with Crippen molar-refractivity contribution in [2.45, 2.75) is 71.2 Å². The van der Waals surface area contributed by atoms with E-state index in [0.717, 1.165) is 51.9 Å². The molecule has 0 radical (unpaired) electrons. The van der Waals surface area contributed by atoms with Crippen LogP contribution in [0.5, 0.6) is 0 Å². The molecule has 1 aliphatic heterocycles. The zero-order valence-corrected chi connectivity index (χ0v) is 29.4. The molecule has 46 heavy (non-hydrogen) atoms. The first-order valence-electron chi connectivity index (χ1n) is 17.3. The number of allylic oxidation sites excluding steroid dienone is 4. The highest BCUT2D eigenvalue weighted by atomic mass is 32.2. The van der Waals surface area contributed by atoms with Gasteiger partial charge in [-0.3, -0.25) is 0 Å². The second kappa shape index (κ2) is 13.7. The Morgan fingerprint density at radius 2 is 1.59 bits per heavy atom. The molecule has 0 saturated heterocycles. The first-order valence-corrected chi connectivity index (χ1v) is 19.0. The van der Waals surface area contributed by atoms with Crippen molar-refractivity contribution < 1.29 is 4.57 Å². The predicted molar refractivity (Wildman–Crippen MR) is 202 cm³/mol. The predicted octanol–water partition coefficient (Wildman–Crippen LogP) is 11.2. The molecule has 0 N–H and O–H groups in total. The van der Waals surface area contributed by atoms with Gasteiger partial charge in [-0.05, 0) is 79.5 Å². The summed E-state index contributed by atoms with van der Waals surface area (Å²) in [6, 6.07) is 26.9. The molecule has 7 rings (SSSR count). The minimum atomic E-state index is 0.547. The summed E-state index contributed by atoms with van der Waals surface area (Å²) in [6.45, 7) is 13.4. The van der Waals surface area contributed by atoms with Crippen LogP contribution in [-0.2, 0) is 6.54 Å². The van der Waals surface area contributed by atoms with Crippen LogP contribution < -0.4 is 9.47 Å². The van der Waals surface area contributed by atoms with E-state index in [0.29, 0.717) is 5.92 Å². The Balaban J connectivity index is 1.21. The summed E-state index contributed by atoms with van der Waals surface area (Å²) in [5, 5.41) is 8.16. The number of benzene rings is 4. The van der Waals surface area contributed by atoms with Gasteiger partial charge in [-0.25, -0.2) is 0 Å². The molecule has 4 aromatic carbocycles. The number of thiazole rings is 1. The largest absolute Gasteiger partial charge is 0.375 e. The first-order chi connectivity index (χ1) is 22.6. The van der Waals surface area contributed by atoms with Crippen molar-refractivity contribution in [1.82, 2.24) is 4.90 Å². The van der Waals surface area contributed by atoms with Crippen LogP contribution in [0.25, 0.3) is 37.8 Å². The van der Waals surface area contributed by atoms with Gasteiger partial charge in [-0.2, -0.15) is 4.57 Å². The number of rotatable bonds is 11. The van der Waals surface area contributed by atoms with E-state index >= 15 is 0 Å². The van der Waals surface area contributed by atoms with Crippen LogP contribution >= 0.6 is 23.1 Å². The van der Waals surface area contributed by atoms with Gasteiger partial charge in [0.1, 0.15) is 11.2 Å². The van der Waals surface area contributed by atoms with Gasteiger partial charge < -0.3 is 9.80 Å². The monoisotopic (exact) mass is 644 g/mol. The highest BCUT2D eigenvalue weighted by molar-refractivity contribution is 8.04. The zero-order valence-electron chi connectivity index (χ0n) is 27.8. The summed E-state index contributed by atoms with van der Waals surface area (Å²) in [6.07, 6.45) is 13.2. The summed E-state index contributed by atoms with van der Waals surface area (Å²) in [7, 11) is 0. The topological polar surface area (TPSA) is 10.4 Å². The molecule has 0 fully saturated rings. The van der Waals surface area contributed by atoms with E-state index in [1.54, 1.807) is 5.70 Å². The van der Waals surface area contributed by atoms with Gasteiger partial charge in [0, 0.05) is 60.1 Å². The third kappa shape index (κ3) is 5.66. The molecule has 0 amide bonds. The number of aromatic nitrogens is 1. The van der Waals surface area contributed by atoms with Crippen LogP contribution in [0.15, 0.2) is 106 Å². The average molecular weight is 645 g/mol. The lowest BCUT2D eigenvalue weighted by molar-refractivity contribution is -0.668. The lowest BCUT2D eigenvalue weighted by Gasteiger charge is -2.28. The third-order valence-electron chi connectivity index (χ3n) is 9.73. The molecule has 0 saturated carbocycles. The summed E-state index contributed by atoms with van der Waals surface area (Å²) < 4.78 is 3.94. The Morgan fingerprint density at radius 3 is 2.35 bits per heavy atom. The second-order valence-electron chi connectivity index (χ2n) is 12.5. The molecule has 1 aromatic heterocycles. The standard InChI is InChI=1S/C41H46N3S2/c1-5-27-43-35-23-19-29-13-9-11-15-33(29)40(35)45-37(43)25-21-31-17-18-32(39(31)42(7-3)8-4)22-26-38-44(28-6-2)36-24-20-30-14-10-12-16-34(30)41(36)46-38/h9-16,19-21,23-26,32H,5-8,17-18,22,27-28H2,1-4H3/q+1/t32-/m1/s1. The van der Waals surface area contributed by atoms with Crippen molar-refractivity contribution in [1.29, 1.82) is 0 Å². The number of fused-ring (bicyclic) bond motifs is 6. The average Bonchev–Trinajstić information content (AvgIpc) is 3.77. The van der Waals surface area contributed by atoms with E-state index < -0.39 is 0 Å². The van der Waals surface area contributed by atoms with Gasteiger partial charge in [0.05, 0.1) is 10.7 Å². The van der Waals surface area contributed by atoms with E-state index in [9.17, 15) is 0 Å². The molecule has 1 atom stereocenters. The van der Waals surface area contributed by atoms with Crippen LogP contribution in [-0.4, -0.2) is 24.5 Å². The lowest BCUT2D eigenvalue weighted by Crippen LogP contribution is -2.34. The van der Waals surface area contributed by atoms with E-state index in [-0.39, 0.29) is 0 Å². The minimum Gasteiger partial charge on any atom is -0.375 e. The van der Waals surface area contributed by atoms with Crippen molar-refractivity contribution in [3.63, 3.8) is 0 Å². The van der Waals surface area contributed by atoms with Crippen LogP contribution in [0, 0.1) is 5.92 Å². The molecule has 3 nitrogen and oxygen atoms in total. The molecule has 5 aromatic rings. The number of hydrogen-bond acceptors (Lipinski definition) is 4. The summed E-state index contributed by atoms with van der Waals surface area (Å²) in [5.41, 5.74) is 5.83. The van der Waals surface area contributed by atoms with Crippen LogP contribution in [0.2, 0.25) is 0 Å². The third-order valence-corrected chi connectivity index (χ3v) is 12.2. The maximum atomic E-state index is 2.63. The summed E-state index contributed by atoms with van der Waals surface area (Å²) >= 11 is 3.92. The minimum absolute atomic E-state index is 0.547. The molecule has 0 unspecified atom stereocenters. The number of hydrogen-bond donors (Lipinski definition) is 0. The quantitative estimate of drug-likeness (QED) is 0.133. The van der Waals surface area contributed by atoms with E-state index in [4.69, 9.17) is 0 Å². The fraction of sp³-hybridized carbons (Fsp3) is 0.341. The molecule has 2 heterocycles. The van der Waals surface area contributed by atoms with E-state index in [2.05, 4.69) is 133 Å². The Bertz CT molecular complexity index is 1980. The first kappa shape index (κ1) is 31.1. The SMILES string of the molecule is CCCN1C(=CC[C@H]2CCC(C=Cc3sc4c5ccccc5ccc4[n+]3CCC)=C2N(CC)CC)Sc2c1ccc1ccccc21. The summed E-state index contributed by atoms with van der Waals surface area (Å²) in [4.78, 5) is 6.62. The van der Waals surface area contributed by atoms with Gasteiger partial charge in [-0.1, -0.05) is 97.6 Å². The van der Waals surface area contributed by atoms with Gasteiger partial charge >= 0.3 is 0 Å². The highest BCUT2D eigenvalue weighted by Crippen LogP contribution is 2.50. The van der Waals surface area contributed by atoms with Crippen LogP contribution in [0.1, 0.15) is 64.8 Å². The number of anilines is 1. The van der Waals surface area contributed by atoms with E-state index in [1.807, 2.05) is 23.1 Å². The Hall–Kier alpha value is -3.54. The van der Waals surface area contributed by atoms with Crippen LogP contribution in [0.3, 0.4) is 0 Å². The molecular weight excluding hydrogens is 599 g/mol. The molecule has 2 aliphatic rings. The van der Waals surface area contributed by atoms with Crippen molar-refractivity contribution in [2.24, 2.45) is 5.92 Å². The van der Waals surface area contributed by atoms with Crippen molar-refractivity contribution in [2.75, 3.05) is 24.5 Å². The highest BCUT2D eigenvalue weighted by Gasteiger charge is 2.30. The van der Waals surface area contributed by atoms with Crippen molar-refractivity contribution >= 4 is 66.6 Å². The van der Waals surface area contributed by atoms with Crippen LogP contribution in [0.4, 0.5) is 5.69 Å². The van der Waals surface area contributed by atoms with Crippen molar-refractivity contribution in [3.8, 4) is 0 Å². The van der Waals surface area contributed by atoms with Crippen molar-refractivity contribution in [3.05, 3.63) is 106 Å². The number of aryl methyl sites for hydroxylation is 1. The molecule has 5 heteroatoms. The Kier molecular flexibility index (Phi) is 9.24. The number of thioether (sulfide) groups is 1. The molecular formula is C41H46N3S2+. The number of nitrogens with zero attached hydrogens (tertiary/aromatic N) is 3. The second-order valence-corrected chi connectivity index (χ2v) is 14.6. The van der Waals surface area contributed by atoms with Gasteiger partial charge in [0.25, 0.3) is 5.01 Å². The Labute approximate surface area is 282 Å². The molecule has 0 spiro atoms. The summed E-state index contributed by atoms with van der Waals surface area (Å²) in [5.74, 6) is 0.547. The molecule has 236 valence electrons. The maximum Gasteiger partial charge on any atom is 0.262 e. The fourth-order valence-electron chi connectivity index (χ4n) is 7.54. The lowest BCUT2D eigenvalue weighted by atomic mass is 10.0.